The average Bonchev–Trinajstić information content (AvgIpc) is 2.61. The van der Waals surface area contributed by atoms with Crippen LogP contribution in [-0.2, 0) is 19.8 Å². The van der Waals surface area contributed by atoms with Gasteiger partial charge in [0, 0.05) is 11.1 Å². The third kappa shape index (κ3) is 3.80. The number of rotatable bonds is 7. The summed E-state index contributed by atoms with van der Waals surface area (Å²) in [6.07, 6.45) is 1.06. The highest BCUT2D eigenvalue weighted by molar-refractivity contribution is 5.53. The van der Waals surface area contributed by atoms with E-state index in [4.69, 9.17) is 4.74 Å². The van der Waals surface area contributed by atoms with E-state index in [9.17, 15) is 20.4 Å². The average molecular weight is 332 g/mol. The van der Waals surface area contributed by atoms with E-state index in [0.717, 1.165) is 6.42 Å². The van der Waals surface area contributed by atoms with E-state index in [-0.39, 0.29) is 29.2 Å². The van der Waals surface area contributed by atoms with E-state index in [1.165, 1.54) is 11.6 Å². The number of hydrogen-bond acceptors (Lipinski definition) is 5. The van der Waals surface area contributed by atoms with Crippen LogP contribution in [-0.4, -0.2) is 20.4 Å². The van der Waals surface area contributed by atoms with Crippen LogP contribution in [0.25, 0.3) is 0 Å². The first kappa shape index (κ1) is 18.1. The van der Waals surface area contributed by atoms with Gasteiger partial charge in [-0.1, -0.05) is 26.0 Å². The molecule has 0 saturated carbocycles. The molecule has 1 atom stereocenters. The van der Waals surface area contributed by atoms with Gasteiger partial charge in [0.25, 0.3) is 0 Å². The predicted molar refractivity (Wildman–Crippen MR) is 91.1 cm³/mol. The number of aliphatic hydroxyl groups is 2. The van der Waals surface area contributed by atoms with Crippen LogP contribution in [0.3, 0.4) is 0 Å². The minimum Gasteiger partial charge on any atom is -0.507 e. The number of benzene rings is 2. The Balaban J connectivity index is 2.17. The highest BCUT2D eigenvalue weighted by atomic mass is 16.5. The summed E-state index contributed by atoms with van der Waals surface area (Å²) in [7, 11) is 0. The van der Waals surface area contributed by atoms with Gasteiger partial charge in [-0.25, -0.2) is 0 Å². The fourth-order valence-electron chi connectivity index (χ4n) is 2.52. The number of hydrogen-bond donors (Lipinski definition) is 4. The first-order chi connectivity index (χ1) is 11.5. The van der Waals surface area contributed by atoms with Crippen LogP contribution in [0, 0.1) is 0 Å². The molecular weight excluding hydrogens is 308 g/mol. The van der Waals surface area contributed by atoms with Gasteiger partial charge in [-0.15, -0.1) is 0 Å². The molecule has 2 aromatic carbocycles. The van der Waals surface area contributed by atoms with Crippen LogP contribution in [0.4, 0.5) is 0 Å². The van der Waals surface area contributed by atoms with Crippen LogP contribution in [0.1, 0.15) is 48.4 Å². The Kier molecular flexibility index (Phi) is 6.06. The topological polar surface area (TPSA) is 90.2 Å². The summed E-state index contributed by atoms with van der Waals surface area (Å²) < 4.78 is 5.68. The fraction of sp³-hybridized carbons (Fsp3) is 0.368. The van der Waals surface area contributed by atoms with E-state index in [0.29, 0.717) is 17.2 Å². The molecule has 2 rings (SSSR count). The lowest BCUT2D eigenvalue weighted by atomic mass is 9.99. The summed E-state index contributed by atoms with van der Waals surface area (Å²) in [4.78, 5) is 0. The van der Waals surface area contributed by atoms with Crippen molar-refractivity contribution in [3.8, 4) is 17.2 Å². The van der Waals surface area contributed by atoms with E-state index >= 15 is 0 Å². The normalized spacial score (nSPS) is 12.2. The van der Waals surface area contributed by atoms with Crippen LogP contribution >= 0.6 is 0 Å². The van der Waals surface area contributed by atoms with Crippen molar-refractivity contribution in [2.75, 3.05) is 0 Å². The SMILES string of the molecule is CCC(C)c1ccc(OCc2cc(CO)c(O)c(CO)c2O)cc1. The van der Waals surface area contributed by atoms with Gasteiger partial charge < -0.3 is 25.2 Å². The van der Waals surface area contributed by atoms with Crippen LogP contribution in [0.2, 0.25) is 0 Å². The molecule has 0 aliphatic carbocycles. The lowest BCUT2D eigenvalue weighted by molar-refractivity contribution is 0.254. The molecule has 4 N–H and O–H groups in total. The molecule has 0 bridgehead atoms. The molecule has 2 aromatic rings. The molecule has 5 nitrogen and oxygen atoms in total. The van der Waals surface area contributed by atoms with Crippen molar-refractivity contribution in [2.45, 2.75) is 46.0 Å². The minimum atomic E-state index is -0.526. The van der Waals surface area contributed by atoms with Gasteiger partial charge >= 0.3 is 0 Å². The third-order valence-electron chi connectivity index (χ3n) is 4.31. The highest BCUT2D eigenvalue weighted by Crippen LogP contribution is 2.35. The molecule has 0 aliphatic rings. The fourth-order valence-corrected chi connectivity index (χ4v) is 2.52. The monoisotopic (exact) mass is 332 g/mol. The second-order valence-corrected chi connectivity index (χ2v) is 5.85. The largest absolute Gasteiger partial charge is 0.507 e. The van der Waals surface area contributed by atoms with Crippen molar-refractivity contribution in [1.29, 1.82) is 0 Å². The first-order valence-electron chi connectivity index (χ1n) is 8.01. The Morgan fingerprint density at radius 2 is 1.58 bits per heavy atom. The molecule has 130 valence electrons. The molecule has 0 fully saturated rings. The summed E-state index contributed by atoms with van der Waals surface area (Å²) in [5.74, 6) is 0.632. The molecule has 0 aromatic heterocycles. The van der Waals surface area contributed by atoms with Gasteiger partial charge in [-0.05, 0) is 36.1 Å². The summed E-state index contributed by atoms with van der Waals surface area (Å²) in [5.41, 5.74) is 1.87. The summed E-state index contributed by atoms with van der Waals surface area (Å²) in [6.45, 7) is 3.45. The van der Waals surface area contributed by atoms with Crippen molar-refractivity contribution in [2.24, 2.45) is 0 Å². The first-order valence-corrected chi connectivity index (χ1v) is 8.01. The Morgan fingerprint density at radius 1 is 0.958 bits per heavy atom. The second kappa shape index (κ2) is 8.04. The summed E-state index contributed by atoms with van der Waals surface area (Å²) >= 11 is 0. The number of aromatic hydroxyl groups is 2. The third-order valence-corrected chi connectivity index (χ3v) is 4.31. The van der Waals surface area contributed by atoms with Gasteiger partial charge in [0.2, 0.25) is 0 Å². The van der Waals surface area contributed by atoms with E-state index in [1.807, 2.05) is 24.3 Å². The van der Waals surface area contributed by atoms with Gasteiger partial charge in [0.15, 0.2) is 0 Å². The maximum absolute atomic E-state index is 10.1. The smallest absolute Gasteiger partial charge is 0.131 e. The van der Waals surface area contributed by atoms with E-state index in [2.05, 4.69) is 13.8 Å². The Labute approximate surface area is 141 Å². The molecular formula is C19H24O5. The number of phenols is 2. The van der Waals surface area contributed by atoms with Gasteiger partial charge in [0.1, 0.15) is 23.9 Å². The summed E-state index contributed by atoms with van der Waals surface area (Å²) in [5, 5.41) is 38.6. The standard InChI is InChI=1S/C19H24O5/c1-3-12(2)13-4-6-16(7-5-13)24-11-15-8-14(9-20)18(22)17(10-21)19(15)23/h4-8,12,20-23H,3,9-11H2,1-2H3. The van der Waals surface area contributed by atoms with Crippen molar-refractivity contribution >= 4 is 0 Å². The van der Waals surface area contributed by atoms with E-state index < -0.39 is 13.2 Å². The quantitative estimate of drug-likeness (QED) is 0.625. The Hall–Kier alpha value is -2.24. The van der Waals surface area contributed by atoms with Crippen molar-refractivity contribution in [3.63, 3.8) is 0 Å². The van der Waals surface area contributed by atoms with Crippen molar-refractivity contribution in [3.05, 3.63) is 52.6 Å². The zero-order valence-electron chi connectivity index (χ0n) is 14.0. The molecule has 1 unspecified atom stereocenters. The molecule has 0 amide bonds. The molecule has 0 spiro atoms. The van der Waals surface area contributed by atoms with Crippen molar-refractivity contribution < 1.29 is 25.2 Å². The maximum Gasteiger partial charge on any atom is 0.131 e. The van der Waals surface area contributed by atoms with Crippen LogP contribution < -0.4 is 4.74 Å². The zero-order valence-corrected chi connectivity index (χ0v) is 14.0. The zero-order chi connectivity index (χ0) is 17.7. The van der Waals surface area contributed by atoms with Gasteiger partial charge in [0.05, 0.1) is 18.8 Å². The lowest BCUT2D eigenvalue weighted by Crippen LogP contribution is -2.01. The summed E-state index contributed by atoms with van der Waals surface area (Å²) in [6, 6.07) is 9.24. The van der Waals surface area contributed by atoms with Crippen LogP contribution in [0.15, 0.2) is 30.3 Å². The van der Waals surface area contributed by atoms with Gasteiger partial charge in [-0.3, -0.25) is 0 Å². The molecule has 0 heterocycles. The number of ether oxygens (including phenoxy) is 1. The molecule has 24 heavy (non-hydrogen) atoms. The Morgan fingerprint density at radius 3 is 2.12 bits per heavy atom. The minimum absolute atomic E-state index is 0.00716. The molecule has 0 saturated heterocycles. The highest BCUT2D eigenvalue weighted by Gasteiger charge is 2.16. The molecule has 5 heteroatoms. The molecule has 0 radical (unpaired) electrons. The van der Waals surface area contributed by atoms with E-state index in [1.54, 1.807) is 0 Å². The molecule has 0 aliphatic heterocycles. The van der Waals surface area contributed by atoms with Gasteiger partial charge in [-0.2, -0.15) is 0 Å². The number of aliphatic hydroxyl groups excluding tert-OH is 2. The van der Waals surface area contributed by atoms with Crippen molar-refractivity contribution in [1.82, 2.24) is 0 Å². The predicted octanol–water partition coefficient (Wildman–Crippen LogP) is 3.17. The lowest BCUT2D eigenvalue weighted by Gasteiger charge is -2.15. The Bertz CT molecular complexity index is 679. The second-order valence-electron chi connectivity index (χ2n) is 5.85. The van der Waals surface area contributed by atoms with Crippen LogP contribution in [0.5, 0.6) is 17.2 Å². The maximum atomic E-state index is 10.1.